The Balaban J connectivity index is 4.36. The van der Waals surface area contributed by atoms with E-state index in [4.69, 9.17) is 14.2 Å². The number of ether oxygens (including phenoxy) is 3. The molecule has 0 radical (unpaired) electrons. The topological polar surface area (TPSA) is 78.9 Å². The lowest BCUT2D eigenvalue weighted by Gasteiger charge is -2.18. The van der Waals surface area contributed by atoms with Gasteiger partial charge in [-0.3, -0.25) is 14.4 Å². The van der Waals surface area contributed by atoms with Gasteiger partial charge in [-0.2, -0.15) is 0 Å². The van der Waals surface area contributed by atoms with Gasteiger partial charge in [-0.05, 0) is 109 Å². The van der Waals surface area contributed by atoms with Crippen molar-refractivity contribution in [3.05, 3.63) is 158 Å². The van der Waals surface area contributed by atoms with Gasteiger partial charge in [0, 0.05) is 12.8 Å². The summed E-state index contributed by atoms with van der Waals surface area (Å²) in [6, 6.07) is 0. The van der Waals surface area contributed by atoms with Gasteiger partial charge in [0.2, 0.25) is 0 Å². The van der Waals surface area contributed by atoms with Crippen molar-refractivity contribution in [3.63, 3.8) is 0 Å². The first-order valence-electron chi connectivity index (χ1n) is 33.0. The number of hydrogen-bond acceptors (Lipinski definition) is 6. The first kappa shape index (κ1) is 76.0. The van der Waals surface area contributed by atoms with Gasteiger partial charge in [-0.15, -0.1) is 0 Å². The Kier molecular flexibility index (Phi) is 63.4. The van der Waals surface area contributed by atoms with E-state index in [1.54, 1.807) is 6.08 Å². The van der Waals surface area contributed by atoms with Crippen molar-refractivity contribution in [2.75, 3.05) is 13.2 Å². The van der Waals surface area contributed by atoms with Crippen molar-refractivity contribution in [1.82, 2.24) is 0 Å². The van der Waals surface area contributed by atoms with Crippen LogP contribution in [0.3, 0.4) is 0 Å². The zero-order valence-electron chi connectivity index (χ0n) is 52.2. The molecule has 6 nitrogen and oxygen atoms in total. The van der Waals surface area contributed by atoms with Gasteiger partial charge in [0.15, 0.2) is 6.10 Å². The van der Waals surface area contributed by atoms with Crippen LogP contribution in [-0.2, 0) is 28.6 Å². The normalized spacial score (nSPS) is 13.2. The molecule has 0 aromatic carbocycles. The zero-order chi connectivity index (χ0) is 58.5. The van der Waals surface area contributed by atoms with Gasteiger partial charge in [-0.1, -0.05) is 307 Å². The summed E-state index contributed by atoms with van der Waals surface area (Å²) in [5.41, 5.74) is 0. The Labute approximate surface area is 499 Å². The van der Waals surface area contributed by atoms with E-state index in [9.17, 15) is 14.4 Å². The minimum absolute atomic E-state index is 0.0905. The smallest absolute Gasteiger partial charge is 0.310 e. The standard InChI is InChI=1S/C75H120O6/c1-4-7-10-13-16-19-22-25-28-29-30-31-32-33-34-35-36-37-38-39-40-41-42-43-44-45-48-50-53-56-59-62-65-68-74(77)80-71-72(81-75(78)69-66-63-60-57-54-51-47-27-24-21-18-15-12-9-6-3)70-79-73(76)67-64-61-58-55-52-49-46-26-23-20-17-14-11-8-5-2/h7,9-10,12,16,18-19,21,25,27-28,30-31,33-34,36-37,39-40,42-43,47,54,57,63,66,72H,4-6,8,11,13-15,17,20,22-24,26,29,32,35,38,41,44-46,48-53,55-56,58-62,64-65,67-71H2,1-3H3/b10-7-,12-9-,19-16-,21-18-,28-25-,31-30-,34-33-,37-36-,40-39-,43-42-,47-27-,57-54-,66-63-. The molecule has 0 saturated carbocycles. The summed E-state index contributed by atoms with van der Waals surface area (Å²) in [5.74, 6) is -1.06. The lowest BCUT2D eigenvalue weighted by Crippen LogP contribution is -2.30. The number of hydrogen-bond donors (Lipinski definition) is 0. The molecule has 0 fully saturated rings. The molecule has 0 rings (SSSR count). The molecule has 0 aliphatic carbocycles. The number of carbonyl (C=O) groups is 3. The highest BCUT2D eigenvalue weighted by Crippen LogP contribution is 2.15. The molecule has 1 atom stereocenters. The minimum Gasteiger partial charge on any atom is -0.462 e. The third-order valence-corrected chi connectivity index (χ3v) is 13.6. The first-order valence-corrected chi connectivity index (χ1v) is 33.0. The van der Waals surface area contributed by atoms with E-state index < -0.39 is 12.1 Å². The van der Waals surface area contributed by atoms with Crippen molar-refractivity contribution in [2.45, 2.75) is 284 Å². The second-order valence-electron chi connectivity index (χ2n) is 21.3. The lowest BCUT2D eigenvalue weighted by molar-refractivity contribution is -0.166. The highest BCUT2D eigenvalue weighted by molar-refractivity contribution is 5.72. The van der Waals surface area contributed by atoms with Crippen LogP contribution in [0.2, 0.25) is 0 Å². The van der Waals surface area contributed by atoms with Gasteiger partial charge in [-0.25, -0.2) is 0 Å². The van der Waals surface area contributed by atoms with Gasteiger partial charge < -0.3 is 14.2 Å². The summed E-state index contributed by atoms with van der Waals surface area (Å²) in [4.78, 5) is 38.2. The molecule has 0 aliphatic rings. The Bertz CT molecular complexity index is 1810. The van der Waals surface area contributed by atoms with E-state index in [0.717, 1.165) is 122 Å². The predicted octanol–water partition coefficient (Wildman–Crippen LogP) is 22.9. The molecule has 0 aromatic rings. The molecule has 0 bridgehead atoms. The van der Waals surface area contributed by atoms with Crippen molar-refractivity contribution in [1.29, 1.82) is 0 Å². The molecule has 0 aromatic heterocycles. The Hall–Kier alpha value is -4.97. The number of unbranched alkanes of at least 4 members (excludes halogenated alkanes) is 22. The summed E-state index contributed by atoms with van der Waals surface area (Å²) >= 11 is 0. The van der Waals surface area contributed by atoms with Crippen molar-refractivity contribution >= 4 is 17.9 Å². The molecule has 1 unspecified atom stereocenters. The molecule has 456 valence electrons. The summed E-state index contributed by atoms with van der Waals surface area (Å²) in [7, 11) is 0. The molecule has 81 heavy (non-hydrogen) atoms. The van der Waals surface area contributed by atoms with E-state index in [2.05, 4.69) is 167 Å². The van der Waals surface area contributed by atoms with Crippen LogP contribution in [0.4, 0.5) is 0 Å². The highest BCUT2D eigenvalue weighted by Gasteiger charge is 2.19. The summed E-state index contributed by atoms with van der Waals surface area (Å²) in [6.45, 7) is 6.33. The number of allylic oxidation sites excluding steroid dienone is 25. The third kappa shape index (κ3) is 65.7. The molecule has 0 spiro atoms. The van der Waals surface area contributed by atoms with Crippen molar-refractivity contribution < 1.29 is 28.6 Å². The SMILES string of the molecule is CC/C=C\C/C=C\C/C=C\C/C=C\C/C=C\C/C=C\C/C=C\C/C=C\CCCCCCCCCCC(=O)OCC(COC(=O)CCCCCCCCCCCCCCCCC)OC(=O)C/C=C\C/C=C\C/C=C\C/C=C\C/C=C\CC. The predicted molar refractivity (Wildman–Crippen MR) is 352 cm³/mol. The minimum atomic E-state index is -0.842. The zero-order valence-corrected chi connectivity index (χ0v) is 52.2. The number of esters is 3. The number of carbonyl (C=O) groups excluding carboxylic acids is 3. The van der Waals surface area contributed by atoms with Crippen molar-refractivity contribution in [2.24, 2.45) is 0 Å². The van der Waals surface area contributed by atoms with Crippen molar-refractivity contribution in [3.8, 4) is 0 Å². The van der Waals surface area contributed by atoms with Gasteiger partial charge in [0.1, 0.15) is 13.2 Å². The van der Waals surface area contributed by atoms with Crippen LogP contribution in [0.5, 0.6) is 0 Å². The Morgan fingerprint density at radius 3 is 0.815 bits per heavy atom. The van der Waals surface area contributed by atoms with E-state index in [-0.39, 0.29) is 31.6 Å². The van der Waals surface area contributed by atoms with Crippen LogP contribution in [0.25, 0.3) is 0 Å². The van der Waals surface area contributed by atoms with E-state index in [1.807, 2.05) is 6.08 Å². The highest BCUT2D eigenvalue weighted by atomic mass is 16.6. The Morgan fingerprint density at radius 1 is 0.272 bits per heavy atom. The third-order valence-electron chi connectivity index (χ3n) is 13.6. The first-order chi connectivity index (χ1) is 40.0. The number of rotatable bonds is 58. The summed E-state index contributed by atoms with van der Waals surface area (Å²) in [6.07, 6.45) is 98.5. The quantitative estimate of drug-likeness (QED) is 0.0261. The molecule has 6 heteroatoms. The van der Waals surface area contributed by atoms with Crippen LogP contribution in [-0.4, -0.2) is 37.2 Å². The fourth-order valence-electron chi connectivity index (χ4n) is 8.71. The average Bonchev–Trinajstić information content (AvgIpc) is 3.47. The largest absolute Gasteiger partial charge is 0.462 e. The summed E-state index contributed by atoms with van der Waals surface area (Å²) in [5, 5.41) is 0. The fraction of sp³-hybridized carbons (Fsp3) is 0.613. The Morgan fingerprint density at radius 2 is 0.519 bits per heavy atom. The maximum atomic E-state index is 12.8. The van der Waals surface area contributed by atoms with Gasteiger partial charge >= 0.3 is 17.9 Å². The van der Waals surface area contributed by atoms with Gasteiger partial charge in [0.25, 0.3) is 0 Å². The lowest BCUT2D eigenvalue weighted by atomic mass is 10.0. The molecule has 0 aliphatic heterocycles. The van der Waals surface area contributed by atoms with E-state index in [0.29, 0.717) is 19.3 Å². The monoisotopic (exact) mass is 1120 g/mol. The van der Waals surface area contributed by atoms with Crippen LogP contribution < -0.4 is 0 Å². The average molecular weight is 1120 g/mol. The van der Waals surface area contributed by atoms with E-state index >= 15 is 0 Å². The van der Waals surface area contributed by atoms with Gasteiger partial charge in [0.05, 0.1) is 6.42 Å². The van der Waals surface area contributed by atoms with Crippen LogP contribution in [0.1, 0.15) is 278 Å². The molecule has 0 saturated heterocycles. The molecule has 0 amide bonds. The second-order valence-corrected chi connectivity index (χ2v) is 21.3. The molecular weight excluding hydrogens is 997 g/mol. The molecule has 0 heterocycles. The van der Waals surface area contributed by atoms with E-state index in [1.165, 1.54) is 109 Å². The molecule has 0 N–H and O–H groups in total. The fourth-order valence-corrected chi connectivity index (χ4v) is 8.71. The maximum Gasteiger partial charge on any atom is 0.310 e. The summed E-state index contributed by atoms with van der Waals surface area (Å²) < 4.78 is 16.8. The van der Waals surface area contributed by atoms with Crippen LogP contribution in [0, 0.1) is 0 Å². The maximum absolute atomic E-state index is 12.8. The van der Waals surface area contributed by atoms with Crippen LogP contribution in [0.15, 0.2) is 158 Å². The van der Waals surface area contributed by atoms with Crippen LogP contribution >= 0.6 is 0 Å². The molecular formula is C75H120O6. The second kappa shape index (κ2) is 67.5.